The van der Waals surface area contributed by atoms with Gasteiger partial charge in [-0.15, -0.1) is 11.6 Å². The fraction of sp³-hybridized carbons (Fsp3) is 0.300. The Morgan fingerprint density at radius 3 is 2.69 bits per heavy atom. The molecule has 0 aliphatic rings. The average Bonchev–Trinajstić information content (AvgIpc) is 2.03. The fourth-order valence-corrected chi connectivity index (χ4v) is 1.33. The molecule has 13 heavy (non-hydrogen) atoms. The van der Waals surface area contributed by atoms with Gasteiger partial charge in [-0.2, -0.15) is 0 Å². The standard InChI is InChI=1S/C10H11ClO2/c1-7-4-8(6-9(12)5-7)10(13)2-3-11/h4-6,12H,2-3H2,1H3. The molecule has 0 unspecified atom stereocenters. The van der Waals surface area contributed by atoms with Crippen molar-refractivity contribution in [3.63, 3.8) is 0 Å². The highest BCUT2D eigenvalue weighted by Gasteiger charge is 2.06. The third-order valence-corrected chi connectivity index (χ3v) is 1.89. The maximum atomic E-state index is 11.4. The van der Waals surface area contributed by atoms with E-state index in [2.05, 4.69) is 0 Å². The highest BCUT2D eigenvalue weighted by Crippen LogP contribution is 2.16. The number of carbonyl (C=O) groups excluding carboxylic acids is 1. The lowest BCUT2D eigenvalue weighted by molar-refractivity contribution is 0.0988. The molecule has 0 radical (unpaired) electrons. The second-order valence-corrected chi connectivity index (χ2v) is 3.30. The second-order valence-electron chi connectivity index (χ2n) is 2.92. The number of hydrogen-bond donors (Lipinski definition) is 1. The van der Waals surface area contributed by atoms with E-state index in [1.807, 2.05) is 6.92 Å². The number of hydrogen-bond acceptors (Lipinski definition) is 2. The molecule has 0 atom stereocenters. The molecule has 0 spiro atoms. The smallest absolute Gasteiger partial charge is 0.164 e. The molecule has 1 N–H and O–H groups in total. The monoisotopic (exact) mass is 198 g/mol. The number of aryl methyl sites for hydroxylation is 1. The number of Topliss-reactive ketones (excluding diaryl/α,β-unsaturated/α-hetero) is 1. The van der Waals surface area contributed by atoms with Gasteiger partial charge < -0.3 is 5.11 Å². The van der Waals surface area contributed by atoms with Gasteiger partial charge in [-0.1, -0.05) is 0 Å². The van der Waals surface area contributed by atoms with Crippen LogP contribution in [0.15, 0.2) is 18.2 Å². The summed E-state index contributed by atoms with van der Waals surface area (Å²) in [5, 5.41) is 9.23. The number of rotatable bonds is 3. The Kier molecular flexibility index (Phi) is 3.32. The first-order valence-electron chi connectivity index (χ1n) is 4.03. The Hall–Kier alpha value is -1.02. The molecule has 0 bridgehead atoms. The third-order valence-electron chi connectivity index (χ3n) is 1.71. The van der Waals surface area contributed by atoms with Crippen LogP contribution in [0.4, 0.5) is 0 Å². The highest BCUT2D eigenvalue weighted by atomic mass is 35.5. The summed E-state index contributed by atoms with van der Waals surface area (Å²) in [5.41, 5.74) is 1.40. The van der Waals surface area contributed by atoms with Gasteiger partial charge >= 0.3 is 0 Å². The van der Waals surface area contributed by atoms with Crippen LogP contribution in [0.1, 0.15) is 22.3 Å². The first-order valence-corrected chi connectivity index (χ1v) is 4.57. The normalized spacial score (nSPS) is 10.0. The van der Waals surface area contributed by atoms with Gasteiger partial charge in [-0.05, 0) is 30.7 Å². The molecule has 1 aromatic rings. The average molecular weight is 199 g/mol. The van der Waals surface area contributed by atoms with E-state index in [0.29, 0.717) is 17.9 Å². The van der Waals surface area contributed by atoms with Crippen LogP contribution in [0, 0.1) is 6.92 Å². The number of ketones is 1. The number of phenols is 1. The molecule has 0 aliphatic heterocycles. The number of alkyl halides is 1. The Morgan fingerprint density at radius 2 is 2.15 bits per heavy atom. The van der Waals surface area contributed by atoms with E-state index in [4.69, 9.17) is 11.6 Å². The van der Waals surface area contributed by atoms with E-state index in [9.17, 15) is 9.90 Å². The molecule has 0 saturated carbocycles. The summed E-state index contributed by atoms with van der Waals surface area (Å²) in [6.45, 7) is 1.83. The maximum absolute atomic E-state index is 11.4. The van der Waals surface area contributed by atoms with Crippen molar-refractivity contribution in [1.29, 1.82) is 0 Å². The van der Waals surface area contributed by atoms with Crippen LogP contribution in [0.3, 0.4) is 0 Å². The third kappa shape index (κ3) is 2.74. The first-order chi connectivity index (χ1) is 6.13. The van der Waals surface area contributed by atoms with Crippen molar-refractivity contribution in [2.75, 3.05) is 5.88 Å². The van der Waals surface area contributed by atoms with Crippen LogP contribution in [0.25, 0.3) is 0 Å². The van der Waals surface area contributed by atoms with Crippen molar-refractivity contribution in [3.8, 4) is 5.75 Å². The lowest BCUT2D eigenvalue weighted by Crippen LogP contribution is -1.99. The van der Waals surface area contributed by atoms with Crippen LogP contribution in [0.5, 0.6) is 5.75 Å². The predicted octanol–water partition coefficient (Wildman–Crippen LogP) is 2.51. The van der Waals surface area contributed by atoms with Gasteiger partial charge in [0, 0.05) is 17.9 Å². The first kappa shape index (κ1) is 10.1. The van der Waals surface area contributed by atoms with Crippen LogP contribution >= 0.6 is 11.6 Å². The van der Waals surface area contributed by atoms with E-state index in [1.54, 1.807) is 12.1 Å². The van der Waals surface area contributed by atoms with Crippen LogP contribution in [-0.2, 0) is 0 Å². The van der Waals surface area contributed by atoms with E-state index >= 15 is 0 Å². The van der Waals surface area contributed by atoms with E-state index in [1.165, 1.54) is 6.07 Å². The zero-order chi connectivity index (χ0) is 9.84. The summed E-state index contributed by atoms with van der Waals surface area (Å²) >= 11 is 5.44. The summed E-state index contributed by atoms with van der Waals surface area (Å²) in [6.07, 6.45) is 0.310. The van der Waals surface area contributed by atoms with Gasteiger partial charge in [0.1, 0.15) is 5.75 Å². The minimum atomic E-state index is -0.0333. The second kappa shape index (κ2) is 4.28. The lowest BCUT2D eigenvalue weighted by atomic mass is 10.1. The Balaban J connectivity index is 2.94. The summed E-state index contributed by atoms with van der Waals surface area (Å²) in [7, 11) is 0. The molecule has 2 nitrogen and oxygen atoms in total. The SMILES string of the molecule is Cc1cc(O)cc(C(=O)CCCl)c1. The van der Waals surface area contributed by atoms with E-state index < -0.39 is 0 Å². The maximum Gasteiger partial charge on any atom is 0.164 e. The molecule has 3 heteroatoms. The molecule has 0 heterocycles. The van der Waals surface area contributed by atoms with Crippen molar-refractivity contribution in [1.82, 2.24) is 0 Å². The molecule has 0 fully saturated rings. The van der Waals surface area contributed by atoms with Gasteiger partial charge in [0.25, 0.3) is 0 Å². The van der Waals surface area contributed by atoms with Crippen molar-refractivity contribution in [2.24, 2.45) is 0 Å². The Labute approximate surface area is 82.2 Å². The van der Waals surface area contributed by atoms with Gasteiger partial charge in [0.15, 0.2) is 5.78 Å². The number of carbonyl (C=O) groups is 1. The minimum Gasteiger partial charge on any atom is -0.508 e. The number of benzene rings is 1. The van der Waals surface area contributed by atoms with E-state index in [0.717, 1.165) is 5.56 Å². The zero-order valence-electron chi connectivity index (χ0n) is 7.38. The van der Waals surface area contributed by atoms with Crippen molar-refractivity contribution in [2.45, 2.75) is 13.3 Å². The quantitative estimate of drug-likeness (QED) is 0.599. The summed E-state index contributed by atoms with van der Waals surface area (Å²) < 4.78 is 0. The molecule has 0 amide bonds. The summed E-state index contributed by atoms with van der Waals surface area (Å²) in [4.78, 5) is 11.4. The number of aromatic hydroxyl groups is 1. The molecular formula is C10H11ClO2. The van der Waals surface area contributed by atoms with Crippen LogP contribution in [0.2, 0.25) is 0 Å². The van der Waals surface area contributed by atoms with Crippen LogP contribution in [-0.4, -0.2) is 16.8 Å². The van der Waals surface area contributed by atoms with Gasteiger partial charge in [-0.3, -0.25) is 4.79 Å². The van der Waals surface area contributed by atoms with Crippen molar-refractivity contribution in [3.05, 3.63) is 29.3 Å². The number of halogens is 1. The number of phenolic OH excluding ortho intramolecular Hbond substituents is 1. The van der Waals surface area contributed by atoms with Crippen LogP contribution < -0.4 is 0 Å². The fourth-order valence-electron chi connectivity index (χ4n) is 1.15. The molecule has 0 aliphatic carbocycles. The topological polar surface area (TPSA) is 37.3 Å². The lowest BCUT2D eigenvalue weighted by Gasteiger charge is -2.01. The molecule has 1 rings (SSSR count). The van der Waals surface area contributed by atoms with Crippen molar-refractivity contribution >= 4 is 17.4 Å². The van der Waals surface area contributed by atoms with Crippen molar-refractivity contribution < 1.29 is 9.90 Å². The summed E-state index contributed by atoms with van der Waals surface area (Å²) in [5.74, 6) is 0.403. The minimum absolute atomic E-state index is 0.0333. The van der Waals surface area contributed by atoms with Gasteiger partial charge in [-0.25, -0.2) is 0 Å². The predicted molar refractivity (Wildman–Crippen MR) is 52.5 cm³/mol. The largest absolute Gasteiger partial charge is 0.508 e. The highest BCUT2D eigenvalue weighted by molar-refractivity contribution is 6.19. The Morgan fingerprint density at radius 1 is 1.46 bits per heavy atom. The summed E-state index contributed by atoms with van der Waals surface area (Å²) in [6, 6.07) is 4.81. The van der Waals surface area contributed by atoms with Gasteiger partial charge in [0.2, 0.25) is 0 Å². The Bertz CT molecular complexity index is 300. The molecule has 70 valence electrons. The zero-order valence-corrected chi connectivity index (χ0v) is 8.14. The van der Waals surface area contributed by atoms with E-state index in [-0.39, 0.29) is 11.5 Å². The molecule has 0 saturated heterocycles. The molecular weight excluding hydrogens is 188 g/mol. The molecule has 1 aromatic carbocycles. The van der Waals surface area contributed by atoms with Gasteiger partial charge in [0.05, 0.1) is 0 Å². The molecule has 0 aromatic heterocycles.